The van der Waals surface area contributed by atoms with Gasteiger partial charge in [0, 0.05) is 50.1 Å². The van der Waals surface area contributed by atoms with Crippen molar-refractivity contribution in [2.24, 2.45) is 0 Å². The zero-order chi connectivity index (χ0) is 33.5. The average Bonchev–Trinajstić information content (AvgIpc) is 3.73. The van der Waals surface area contributed by atoms with Gasteiger partial charge in [-0.05, 0) is 81.5 Å². The van der Waals surface area contributed by atoms with Crippen molar-refractivity contribution in [3.63, 3.8) is 0 Å². The van der Waals surface area contributed by atoms with Crippen LogP contribution in [-0.2, 0) is 0 Å². The maximum atomic E-state index is 6.49. The van der Waals surface area contributed by atoms with Crippen LogP contribution in [0.3, 0.4) is 0 Å². The first-order valence-corrected chi connectivity index (χ1v) is 17.4. The summed E-state index contributed by atoms with van der Waals surface area (Å²) in [5.41, 5.74) is 8.47. The molecular weight excluding hydrogens is 621 g/mol. The summed E-state index contributed by atoms with van der Waals surface area (Å²) >= 11 is 0. The first-order valence-electron chi connectivity index (χ1n) is 17.4. The first kappa shape index (κ1) is 28.0. The Kier molecular flexibility index (Phi) is 5.96. The standard InChI is InChI=1S/C48H30N2O/c1-2-13-32(14-3-1)50-44-20-10-8-18-39(44)40-26-23-33(28-45(40)50)49(34-24-27-42-41-19-9-11-21-47(41)51-48(42)29-34)46-30-43-35-15-5-4-12-31(35)22-25-37(43)36-16-6-7-17-38(36)46/h1-30H. The lowest BCUT2D eigenvalue weighted by Crippen LogP contribution is -2.11. The fraction of sp³-hybridized carbons (Fsp3) is 0. The Morgan fingerprint density at radius 2 is 0.941 bits per heavy atom. The quantitative estimate of drug-likeness (QED) is 0.177. The minimum absolute atomic E-state index is 0.869. The Balaban J connectivity index is 1.26. The van der Waals surface area contributed by atoms with E-state index in [1.165, 1.54) is 48.6 Å². The molecule has 51 heavy (non-hydrogen) atoms. The maximum Gasteiger partial charge on any atom is 0.137 e. The minimum Gasteiger partial charge on any atom is -0.456 e. The third-order valence-corrected chi connectivity index (χ3v) is 10.5. The second-order valence-electron chi connectivity index (χ2n) is 13.3. The van der Waals surface area contributed by atoms with E-state index in [4.69, 9.17) is 4.42 Å². The maximum absolute atomic E-state index is 6.49. The van der Waals surface area contributed by atoms with Crippen LogP contribution in [0.5, 0.6) is 0 Å². The molecule has 11 aromatic rings. The van der Waals surface area contributed by atoms with Crippen molar-refractivity contribution in [3.05, 3.63) is 182 Å². The van der Waals surface area contributed by atoms with Crippen LogP contribution in [0.2, 0.25) is 0 Å². The Labute approximate surface area is 293 Å². The lowest BCUT2D eigenvalue weighted by atomic mass is 9.95. The van der Waals surface area contributed by atoms with Gasteiger partial charge in [0.15, 0.2) is 0 Å². The predicted octanol–water partition coefficient (Wildman–Crippen LogP) is 13.6. The highest BCUT2D eigenvalue weighted by molar-refractivity contribution is 6.22. The number of nitrogens with zero attached hydrogens (tertiary/aromatic N) is 2. The second-order valence-corrected chi connectivity index (χ2v) is 13.3. The van der Waals surface area contributed by atoms with Gasteiger partial charge in [0.25, 0.3) is 0 Å². The molecule has 3 heteroatoms. The molecule has 0 aliphatic heterocycles. The number of fused-ring (bicyclic) bond motifs is 11. The summed E-state index contributed by atoms with van der Waals surface area (Å²) < 4.78 is 8.88. The van der Waals surface area contributed by atoms with Gasteiger partial charge < -0.3 is 13.9 Å². The number of hydrogen-bond acceptors (Lipinski definition) is 2. The van der Waals surface area contributed by atoms with Crippen LogP contribution < -0.4 is 4.90 Å². The summed E-state index contributed by atoms with van der Waals surface area (Å²) in [4.78, 5) is 2.42. The van der Waals surface area contributed by atoms with Crippen molar-refractivity contribution in [3.8, 4) is 5.69 Å². The molecule has 0 saturated carbocycles. The summed E-state index contributed by atoms with van der Waals surface area (Å²) in [5, 5.41) is 12.1. The zero-order valence-corrected chi connectivity index (χ0v) is 27.6. The van der Waals surface area contributed by atoms with Gasteiger partial charge in [-0.25, -0.2) is 0 Å². The molecule has 0 fully saturated rings. The molecule has 11 rings (SSSR count). The molecule has 9 aromatic carbocycles. The van der Waals surface area contributed by atoms with E-state index in [1.807, 2.05) is 12.1 Å². The number of rotatable bonds is 4. The second kappa shape index (κ2) is 10.8. The fourth-order valence-electron chi connectivity index (χ4n) is 8.26. The molecule has 0 aliphatic rings. The minimum atomic E-state index is 0.869. The number of anilines is 3. The Morgan fingerprint density at radius 3 is 1.80 bits per heavy atom. The Morgan fingerprint density at radius 1 is 0.353 bits per heavy atom. The van der Waals surface area contributed by atoms with Crippen molar-refractivity contribution in [1.82, 2.24) is 4.57 Å². The molecule has 0 N–H and O–H groups in total. The third kappa shape index (κ3) is 4.19. The van der Waals surface area contributed by atoms with Gasteiger partial charge >= 0.3 is 0 Å². The SMILES string of the molecule is c1ccc(-n2c3ccccc3c3ccc(N(c4ccc5c(c4)oc4ccccc45)c4cc5c6ccccc6ccc5c5ccccc45)cc32)cc1. The van der Waals surface area contributed by atoms with Crippen LogP contribution in [0.1, 0.15) is 0 Å². The van der Waals surface area contributed by atoms with Gasteiger partial charge in [-0.1, -0.05) is 121 Å². The molecule has 3 nitrogen and oxygen atoms in total. The zero-order valence-electron chi connectivity index (χ0n) is 27.6. The number of para-hydroxylation sites is 3. The monoisotopic (exact) mass is 650 g/mol. The fourth-order valence-corrected chi connectivity index (χ4v) is 8.26. The Hall–Kier alpha value is -6.84. The van der Waals surface area contributed by atoms with Crippen molar-refractivity contribution < 1.29 is 4.42 Å². The van der Waals surface area contributed by atoms with Gasteiger partial charge in [-0.15, -0.1) is 0 Å². The smallest absolute Gasteiger partial charge is 0.137 e. The van der Waals surface area contributed by atoms with Crippen molar-refractivity contribution in [2.75, 3.05) is 4.90 Å². The van der Waals surface area contributed by atoms with E-state index in [1.54, 1.807) is 0 Å². The highest BCUT2D eigenvalue weighted by atomic mass is 16.3. The molecule has 0 aliphatic carbocycles. The highest BCUT2D eigenvalue weighted by Gasteiger charge is 2.22. The molecule has 2 heterocycles. The average molecular weight is 651 g/mol. The molecule has 0 unspecified atom stereocenters. The van der Waals surface area contributed by atoms with Gasteiger partial charge in [-0.3, -0.25) is 0 Å². The normalized spacial score (nSPS) is 11.9. The van der Waals surface area contributed by atoms with Crippen LogP contribution in [0.4, 0.5) is 17.1 Å². The third-order valence-electron chi connectivity index (χ3n) is 10.5. The van der Waals surface area contributed by atoms with Crippen molar-refractivity contribution in [2.45, 2.75) is 0 Å². The largest absolute Gasteiger partial charge is 0.456 e. The van der Waals surface area contributed by atoms with Crippen LogP contribution in [0.25, 0.3) is 81.7 Å². The van der Waals surface area contributed by atoms with E-state index in [2.05, 4.69) is 179 Å². The molecule has 0 saturated heterocycles. The summed E-state index contributed by atoms with van der Waals surface area (Å²) in [6, 6.07) is 65.7. The highest BCUT2D eigenvalue weighted by Crippen LogP contribution is 2.46. The number of hydrogen-bond donors (Lipinski definition) is 0. The molecular formula is C48H30N2O. The predicted molar refractivity (Wildman–Crippen MR) is 215 cm³/mol. The van der Waals surface area contributed by atoms with Gasteiger partial charge in [0.05, 0.1) is 16.7 Å². The summed E-state index contributed by atoms with van der Waals surface area (Å²) in [6.45, 7) is 0. The van der Waals surface area contributed by atoms with Crippen LogP contribution in [-0.4, -0.2) is 4.57 Å². The van der Waals surface area contributed by atoms with Crippen molar-refractivity contribution >= 4 is 93.1 Å². The van der Waals surface area contributed by atoms with E-state index >= 15 is 0 Å². The van der Waals surface area contributed by atoms with Crippen molar-refractivity contribution in [1.29, 1.82) is 0 Å². The van der Waals surface area contributed by atoms with Crippen LogP contribution in [0.15, 0.2) is 186 Å². The first-order chi connectivity index (χ1) is 25.3. The summed E-state index contributed by atoms with van der Waals surface area (Å²) in [7, 11) is 0. The van der Waals surface area contributed by atoms with Crippen LogP contribution >= 0.6 is 0 Å². The Bertz CT molecular complexity index is 3150. The lowest BCUT2D eigenvalue weighted by Gasteiger charge is -2.28. The summed E-state index contributed by atoms with van der Waals surface area (Å²) in [5.74, 6) is 0. The molecule has 0 bridgehead atoms. The van der Waals surface area contributed by atoms with E-state index in [-0.39, 0.29) is 0 Å². The number of aromatic nitrogens is 1. The topological polar surface area (TPSA) is 21.3 Å². The van der Waals surface area contributed by atoms with Gasteiger partial charge in [-0.2, -0.15) is 0 Å². The molecule has 0 amide bonds. The van der Waals surface area contributed by atoms with E-state index in [0.717, 1.165) is 50.2 Å². The van der Waals surface area contributed by atoms with Gasteiger partial charge in [0.2, 0.25) is 0 Å². The van der Waals surface area contributed by atoms with Gasteiger partial charge in [0.1, 0.15) is 11.2 Å². The number of furan rings is 1. The molecule has 238 valence electrons. The van der Waals surface area contributed by atoms with E-state index in [0.29, 0.717) is 0 Å². The molecule has 0 radical (unpaired) electrons. The van der Waals surface area contributed by atoms with E-state index < -0.39 is 0 Å². The molecule has 2 aromatic heterocycles. The lowest BCUT2D eigenvalue weighted by molar-refractivity contribution is 0.669. The van der Waals surface area contributed by atoms with E-state index in [9.17, 15) is 0 Å². The molecule has 0 spiro atoms. The number of benzene rings is 9. The van der Waals surface area contributed by atoms with Crippen LogP contribution in [0, 0.1) is 0 Å². The molecule has 0 atom stereocenters. The summed E-state index contributed by atoms with van der Waals surface area (Å²) in [6.07, 6.45) is 0.